The SMILES string of the molecule is CCNC(=NCc1ccnc(OCc2ccccc2)c1)N(C)CC(=O)N(CC)CC. The number of aliphatic imine (C=N–C) groups is 1. The van der Waals surface area contributed by atoms with Crippen molar-refractivity contribution < 1.29 is 9.53 Å². The standard InChI is InChI=1S/C23H33N5O2/c1-5-24-23(27(4)17-22(29)28(6-2)7-3)26-16-20-13-14-25-21(15-20)30-18-19-11-9-8-10-12-19/h8-15H,5-7,16-18H2,1-4H3,(H,24,26). The lowest BCUT2D eigenvalue weighted by molar-refractivity contribution is -0.131. The van der Waals surface area contributed by atoms with E-state index in [1.807, 2.05) is 80.1 Å². The average molecular weight is 412 g/mol. The third-order valence-corrected chi connectivity index (χ3v) is 4.63. The molecule has 30 heavy (non-hydrogen) atoms. The molecule has 0 radical (unpaired) electrons. The number of amides is 1. The lowest BCUT2D eigenvalue weighted by atomic mass is 10.2. The molecule has 1 aromatic carbocycles. The van der Waals surface area contributed by atoms with Gasteiger partial charge in [0.2, 0.25) is 11.8 Å². The molecular formula is C23H33N5O2. The van der Waals surface area contributed by atoms with Gasteiger partial charge in [-0.05, 0) is 38.0 Å². The van der Waals surface area contributed by atoms with Crippen LogP contribution in [-0.4, -0.2) is 59.9 Å². The number of carbonyl (C=O) groups excluding carboxylic acids is 1. The number of carbonyl (C=O) groups is 1. The Hall–Kier alpha value is -3.09. The molecule has 0 fully saturated rings. The van der Waals surface area contributed by atoms with E-state index in [0.717, 1.165) is 17.7 Å². The van der Waals surface area contributed by atoms with Crippen LogP contribution in [0, 0.1) is 0 Å². The van der Waals surface area contributed by atoms with Gasteiger partial charge in [0.1, 0.15) is 6.61 Å². The first kappa shape index (κ1) is 23.2. The van der Waals surface area contributed by atoms with Gasteiger partial charge in [-0.15, -0.1) is 0 Å². The van der Waals surface area contributed by atoms with Crippen molar-refractivity contribution in [3.05, 3.63) is 59.8 Å². The van der Waals surface area contributed by atoms with Crippen LogP contribution in [0.2, 0.25) is 0 Å². The summed E-state index contributed by atoms with van der Waals surface area (Å²) in [5.74, 6) is 1.36. The number of rotatable bonds is 10. The summed E-state index contributed by atoms with van der Waals surface area (Å²) in [6, 6.07) is 13.8. The molecular weight excluding hydrogens is 378 g/mol. The van der Waals surface area contributed by atoms with Gasteiger partial charge in [0, 0.05) is 38.9 Å². The van der Waals surface area contributed by atoms with E-state index in [0.29, 0.717) is 38.1 Å². The Balaban J connectivity index is 2.00. The van der Waals surface area contributed by atoms with Gasteiger partial charge in [-0.25, -0.2) is 9.98 Å². The molecule has 0 saturated carbocycles. The summed E-state index contributed by atoms with van der Waals surface area (Å²) in [6.07, 6.45) is 1.73. The van der Waals surface area contributed by atoms with E-state index in [1.54, 1.807) is 6.20 Å². The molecule has 0 aliphatic heterocycles. The van der Waals surface area contributed by atoms with Gasteiger partial charge in [0.25, 0.3) is 0 Å². The van der Waals surface area contributed by atoms with Crippen molar-refractivity contribution in [2.45, 2.75) is 33.9 Å². The van der Waals surface area contributed by atoms with Gasteiger partial charge < -0.3 is 19.9 Å². The van der Waals surface area contributed by atoms with Crippen molar-refractivity contribution >= 4 is 11.9 Å². The molecule has 0 spiro atoms. The van der Waals surface area contributed by atoms with Gasteiger partial charge in [-0.1, -0.05) is 30.3 Å². The molecule has 0 aliphatic rings. The average Bonchev–Trinajstić information content (AvgIpc) is 2.77. The molecule has 7 nitrogen and oxygen atoms in total. The Morgan fingerprint density at radius 1 is 1.10 bits per heavy atom. The summed E-state index contributed by atoms with van der Waals surface area (Å²) < 4.78 is 5.80. The zero-order chi connectivity index (χ0) is 21.8. The van der Waals surface area contributed by atoms with Crippen molar-refractivity contribution in [1.29, 1.82) is 0 Å². The number of likely N-dealkylation sites (N-methyl/N-ethyl adjacent to an activating group) is 2. The zero-order valence-electron chi connectivity index (χ0n) is 18.5. The van der Waals surface area contributed by atoms with Crippen molar-refractivity contribution in [3.8, 4) is 5.88 Å². The van der Waals surface area contributed by atoms with Crippen LogP contribution < -0.4 is 10.1 Å². The highest BCUT2D eigenvalue weighted by Gasteiger charge is 2.15. The van der Waals surface area contributed by atoms with Gasteiger partial charge in [0.15, 0.2) is 5.96 Å². The first-order valence-corrected chi connectivity index (χ1v) is 10.5. The van der Waals surface area contributed by atoms with Crippen molar-refractivity contribution in [3.63, 3.8) is 0 Å². The van der Waals surface area contributed by atoms with Crippen LogP contribution in [0.3, 0.4) is 0 Å². The van der Waals surface area contributed by atoms with Crippen LogP contribution in [-0.2, 0) is 17.9 Å². The van der Waals surface area contributed by atoms with Crippen LogP contribution >= 0.6 is 0 Å². The maximum absolute atomic E-state index is 12.4. The second kappa shape index (κ2) is 12.5. The Kier molecular flexibility index (Phi) is 9.64. The number of aromatic nitrogens is 1. The molecule has 0 unspecified atom stereocenters. The fourth-order valence-corrected chi connectivity index (χ4v) is 2.95. The van der Waals surface area contributed by atoms with E-state index in [4.69, 9.17) is 4.74 Å². The predicted molar refractivity (Wildman–Crippen MR) is 120 cm³/mol. The minimum absolute atomic E-state index is 0.0913. The van der Waals surface area contributed by atoms with Crippen molar-refractivity contribution in [2.75, 3.05) is 33.2 Å². The van der Waals surface area contributed by atoms with Gasteiger partial charge in [0.05, 0.1) is 13.1 Å². The van der Waals surface area contributed by atoms with Crippen LogP contribution in [0.15, 0.2) is 53.7 Å². The normalized spacial score (nSPS) is 11.1. The fourth-order valence-electron chi connectivity index (χ4n) is 2.95. The molecule has 7 heteroatoms. The van der Waals surface area contributed by atoms with Gasteiger partial charge in [-0.2, -0.15) is 0 Å². The Morgan fingerprint density at radius 2 is 1.83 bits per heavy atom. The largest absolute Gasteiger partial charge is 0.473 e. The molecule has 1 N–H and O–H groups in total. The molecule has 162 valence electrons. The van der Waals surface area contributed by atoms with E-state index in [1.165, 1.54) is 0 Å². The molecule has 1 aromatic heterocycles. The molecule has 2 aromatic rings. The summed E-state index contributed by atoms with van der Waals surface area (Å²) in [4.78, 5) is 25.1. The van der Waals surface area contributed by atoms with E-state index in [2.05, 4.69) is 15.3 Å². The maximum atomic E-state index is 12.4. The number of ether oxygens (including phenoxy) is 1. The Bertz CT molecular complexity index is 806. The minimum atomic E-state index is 0.0913. The molecule has 0 saturated heterocycles. The van der Waals surface area contributed by atoms with Crippen LogP contribution in [0.25, 0.3) is 0 Å². The summed E-state index contributed by atoms with van der Waals surface area (Å²) in [7, 11) is 1.88. The fraction of sp³-hybridized carbons (Fsp3) is 0.435. The summed E-state index contributed by atoms with van der Waals surface area (Å²) in [5.41, 5.74) is 2.09. The van der Waals surface area contributed by atoms with E-state index in [-0.39, 0.29) is 12.5 Å². The number of pyridine rings is 1. The number of guanidine groups is 1. The van der Waals surface area contributed by atoms with Gasteiger partial charge >= 0.3 is 0 Å². The van der Waals surface area contributed by atoms with Crippen molar-refractivity contribution in [2.24, 2.45) is 4.99 Å². The predicted octanol–water partition coefficient (Wildman–Crippen LogP) is 2.93. The first-order chi connectivity index (χ1) is 14.6. The second-order valence-electron chi connectivity index (χ2n) is 6.87. The van der Waals surface area contributed by atoms with E-state index in [9.17, 15) is 4.79 Å². The maximum Gasteiger partial charge on any atom is 0.242 e. The molecule has 1 heterocycles. The highest BCUT2D eigenvalue weighted by Crippen LogP contribution is 2.13. The topological polar surface area (TPSA) is 70.1 Å². The number of nitrogens with zero attached hydrogens (tertiary/aromatic N) is 4. The number of hydrogen-bond acceptors (Lipinski definition) is 4. The third kappa shape index (κ3) is 7.39. The van der Waals surface area contributed by atoms with Crippen LogP contribution in [0.4, 0.5) is 0 Å². The minimum Gasteiger partial charge on any atom is -0.473 e. The number of benzene rings is 1. The van der Waals surface area contributed by atoms with Crippen LogP contribution in [0.1, 0.15) is 31.9 Å². The quantitative estimate of drug-likeness (QED) is 0.481. The van der Waals surface area contributed by atoms with Crippen molar-refractivity contribution in [1.82, 2.24) is 20.1 Å². The lowest BCUT2D eigenvalue weighted by Gasteiger charge is -2.25. The van der Waals surface area contributed by atoms with E-state index >= 15 is 0 Å². The Morgan fingerprint density at radius 3 is 2.50 bits per heavy atom. The zero-order valence-corrected chi connectivity index (χ0v) is 18.5. The van der Waals surface area contributed by atoms with E-state index < -0.39 is 0 Å². The van der Waals surface area contributed by atoms with Gasteiger partial charge in [-0.3, -0.25) is 4.79 Å². The molecule has 0 aliphatic carbocycles. The number of hydrogen-bond donors (Lipinski definition) is 1. The Labute approximate surface area is 179 Å². The molecule has 1 amide bonds. The lowest BCUT2D eigenvalue weighted by Crippen LogP contribution is -2.45. The molecule has 0 atom stereocenters. The monoisotopic (exact) mass is 411 g/mol. The molecule has 0 bridgehead atoms. The number of nitrogens with one attached hydrogen (secondary N) is 1. The second-order valence-corrected chi connectivity index (χ2v) is 6.87. The highest BCUT2D eigenvalue weighted by atomic mass is 16.5. The first-order valence-electron chi connectivity index (χ1n) is 10.5. The van der Waals surface area contributed by atoms with Crippen LogP contribution in [0.5, 0.6) is 5.88 Å². The third-order valence-electron chi connectivity index (χ3n) is 4.63. The summed E-state index contributed by atoms with van der Waals surface area (Å²) in [5, 5.41) is 3.25. The summed E-state index contributed by atoms with van der Waals surface area (Å²) in [6.45, 7) is 9.36. The molecule has 2 rings (SSSR count). The summed E-state index contributed by atoms with van der Waals surface area (Å²) >= 11 is 0. The highest BCUT2D eigenvalue weighted by molar-refractivity contribution is 5.86. The smallest absolute Gasteiger partial charge is 0.242 e.